The molecular weight excluding hydrogens is 306 g/mol. The van der Waals surface area contributed by atoms with Crippen LogP contribution in [0.4, 0.5) is 0 Å². The third kappa shape index (κ3) is 5.64. The highest BCUT2D eigenvalue weighted by Crippen LogP contribution is 2.21. The van der Waals surface area contributed by atoms with E-state index in [1.54, 1.807) is 18.9 Å². The summed E-state index contributed by atoms with van der Waals surface area (Å²) >= 11 is 1.71. The van der Waals surface area contributed by atoms with Crippen molar-refractivity contribution in [2.45, 2.75) is 30.7 Å². The van der Waals surface area contributed by atoms with Crippen LogP contribution in [-0.4, -0.2) is 18.8 Å². The van der Waals surface area contributed by atoms with Crippen LogP contribution >= 0.6 is 11.8 Å². The molecule has 0 saturated carbocycles. The van der Waals surface area contributed by atoms with Gasteiger partial charge in [0.15, 0.2) is 0 Å². The maximum absolute atomic E-state index is 12.1. The minimum Gasteiger partial charge on any atom is -0.497 e. The van der Waals surface area contributed by atoms with Crippen molar-refractivity contribution in [3.05, 3.63) is 60.2 Å². The smallest absolute Gasteiger partial charge is 0.221 e. The first kappa shape index (κ1) is 17.4. The minimum atomic E-state index is 0.0510. The highest BCUT2D eigenvalue weighted by molar-refractivity contribution is 7.99. The molecular formula is C19H23NO2S. The number of ether oxygens (including phenoxy) is 1. The molecule has 0 bridgehead atoms. The fraction of sp³-hybridized carbons (Fsp3) is 0.316. The predicted molar refractivity (Wildman–Crippen MR) is 96.0 cm³/mol. The van der Waals surface area contributed by atoms with E-state index in [0.29, 0.717) is 6.42 Å². The monoisotopic (exact) mass is 329 g/mol. The number of rotatable bonds is 8. The van der Waals surface area contributed by atoms with E-state index >= 15 is 0 Å². The van der Waals surface area contributed by atoms with Gasteiger partial charge in [0.25, 0.3) is 0 Å². The lowest BCUT2D eigenvalue weighted by Gasteiger charge is -2.17. The van der Waals surface area contributed by atoms with Gasteiger partial charge in [-0.3, -0.25) is 4.79 Å². The number of amides is 1. The summed E-state index contributed by atoms with van der Waals surface area (Å²) < 4.78 is 5.17. The molecule has 0 radical (unpaired) electrons. The van der Waals surface area contributed by atoms with Crippen molar-refractivity contribution in [1.29, 1.82) is 0 Å². The molecule has 0 heterocycles. The SMILES string of the molecule is CCC(NC(=O)CCSc1ccccc1)c1ccc(OC)cc1. The molecule has 2 aromatic rings. The molecule has 122 valence electrons. The third-order valence-corrected chi connectivity index (χ3v) is 4.62. The van der Waals surface area contributed by atoms with Crippen molar-refractivity contribution in [2.75, 3.05) is 12.9 Å². The molecule has 23 heavy (non-hydrogen) atoms. The summed E-state index contributed by atoms with van der Waals surface area (Å²) in [5.41, 5.74) is 1.11. The van der Waals surface area contributed by atoms with Crippen molar-refractivity contribution in [2.24, 2.45) is 0 Å². The summed E-state index contributed by atoms with van der Waals surface area (Å²) in [6, 6.07) is 18.1. The molecule has 1 atom stereocenters. The van der Waals surface area contributed by atoms with Gasteiger partial charge in [-0.15, -0.1) is 11.8 Å². The number of methoxy groups -OCH3 is 1. The van der Waals surface area contributed by atoms with E-state index in [9.17, 15) is 4.79 Å². The Morgan fingerprint density at radius 1 is 1.13 bits per heavy atom. The Hall–Kier alpha value is -1.94. The fourth-order valence-electron chi connectivity index (χ4n) is 2.30. The number of hydrogen-bond donors (Lipinski definition) is 1. The maximum Gasteiger partial charge on any atom is 0.221 e. The molecule has 1 amide bonds. The van der Waals surface area contributed by atoms with Gasteiger partial charge < -0.3 is 10.1 Å². The van der Waals surface area contributed by atoms with E-state index in [0.717, 1.165) is 23.5 Å². The average molecular weight is 329 g/mol. The average Bonchev–Trinajstić information content (AvgIpc) is 2.61. The number of nitrogens with one attached hydrogen (secondary N) is 1. The molecule has 1 N–H and O–H groups in total. The Morgan fingerprint density at radius 3 is 2.43 bits per heavy atom. The number of carbonyl (C=O) groups excluding carboxylic acids is 1. The van der Waals surface area contributed by atoms with Crippen LogP contribution in [-0.2, 0) is 4.79 Å². The van der Waals surface area contributed by atoms with Crippen LogP contribution in [0.3, 0.4) is 0 Å². The first-order valence-corrected chi connectivity index (χ1v) is 8.82. The zero-order valence-electron chi connectivity index (χ0n) is 13.6. The molecule has 0 aliphatic carbocycles. The molecule has 0 saturated heterocycles. The maximum atomic E-state index is 12.1. The van der Waals surface area contributed by atoms with Crippen LogP contribution in [0.2, 0.25) is 0 Å². The van der Waals surface area contributed by atoms with Crippen LogP contribution in [0.25, 0.3) is 0 Å². The summed E-state index contributed by atoms with van der Waals surface area (Å²) in [7, 11) is 1.65. The van der Waals surface area contributed by atoms with Gasteiger partial charge in [0.2, 0.25) is 5.91 Å². The van der Waals surface area contributed by atoms with Gasteiger partial charge >= 0.3 is 0 Å². The Labute approximate surface area is 142 Å². The van der Waals surface area contributed by atoms with E-state index < -0.39 is 0 Å². The van der Waals surface area contributed by atoms with E-state index in [4.69, 9.17) is 4.74 Å². The van der Waals surface area contributed by atoms with Crippen molar-refractivity contribution in [3.63, 3.8) is 0 Å². The Kier molecular flexibility index (Phi) is 7.01. The van der Waals surface area contributed by atoms with Crippen LogP contribution < -0.4 is 10.1 Å². The van der Waals surface area contributed by atoms with E-state index in [1.807, 2.05) is 42.5 Å². The van der Waals surface area contributed by atoms with E-state index in [2.05, 4.69) is 24.4 Å². The Morgan fingerprint density at radius 2 is 1.83 bits per heavy atom. The lowest BCUT2D eigenvalue weighted by Crippen LogP contribution is -2.28. The van der Waals surface area contributed by atoms with Crippen molar-refractivity contribution in [1.82, 2.24) is 5.32 Å². The van der Waals surface area contributed by atoms with Gasteiger partial charge in [-0.1, -0.05) is 37.3 Å². The van der Waals surface area contributed by atoms with Crippen molar-refractivity contribution >= 4 is 17.7 Å². The lowest BCUT2D eigenvalue weighted by atomic mass is 10.0. The number of benzene rings is 2. The van der Waals surface area contributed by atoms with Crippen LogP contribution in [0.5, 0.6) is 5.75 Å². The van der Waals surface area contributed by atoms with E-state index in [-0.39, 0.29) is 11.9 Å². The molecule has 0 spiro atoms. The number of hydrogen-bond acceptors (Lipinski definition) is 3. The molecule has 2 aromatic carbocycles. The van der Waals surface area contributed by atoms with Gasteiger partial charge in [-0.05, 0) is 36.2 Å². The number of carbonyl (C=O) groups is 1. The Balaban J connectivity index is 1.82. The quantitative estimate of drug-likeness (QED) is 0.727. The van der Waals surface area contributed by atoms with E-state index in [1.165, 1.54) is 4.90 Å². The first-order valence-electron chi connectivity index (χ1n) is 7.84. The van der Waals surface area contributed by atoms with Gasteiger partial charge in [0, 0.05) is 17.1 Å². The second kappa shape index (κ2) is 9.26. The highest BCUT2D eigenvalue weighted by Gasteiger charge is 2.12. The minimum absolute atomic E-state index is 0.0510. The lowest BCUT2D eigenvalue weighted by molar-refractivity contribution is -0.121. The molecule has 0 aliphatic rings. The molecule has 2 rings (SSSR count). The topological polar surface area (TPSA) is 38.3 Å². The largest absolute Gasteiger partial charge is 0.497 e. The summed E-state index contributed by atoms with van der Waals surface area (Å²) in [6.45, 7) is 2.08. The molecule has 0 aromatic heterocycles. The zero-order chi connectivity index (χ0) is 16.5. The molecule has 0 aliphatic heterocycles. The first-order chi connectivity index (χ1) is 11.2. The summed E-state index contributed by atoms with van der Waals surface area (Å²) in [5.74, 6) is 1.71. The third-order valence-electron chi connectivity index (χ3n) is 3.60. The highest BCUT2D eigenvalue weighted by atomic mass is 32.2. The standard InChI is InChI=1S/C19H23NO2S/c1-3-18(15-9-11-16(22-2)12-10-15)20-19(21)13-14-23-17-7-5-4-6-8-17/h4-12,18H,3,13-14H2,1-2H3,(H,20,21). The number of thioether (sulfide) groups is 1. The Bertz CT molecular complexity index is 599. The fourth-order valence-corrected chi connectivity index (χ4v) is 3.17. The van der Waals surface area contributed by atoms with Crippen LogP contribution in [0, 0.1) is 0 Å². The van der Waals surface area contributed by atoms with Crippen molar-refractivity contribution in [3.8, 4) is 5.75 Å². The van der Waals surface area contributed by atoms with Gasteiger partial charge in [0.05, 0.1) is 13.2 Å². The van der Waals surface area contributed by atoms with Crippen LogP contribution in [0.1, 0.15) is 31.4 Å². The normalized spacial score (nSPS) is 11.7. The zero-order valence-corrected chi connectivity index (χ0v) is 14.4. The van der Waals surface area contributed by atoms with Crippen LogP contribution in [0.15, 0.2) is 59.5 Å². The van der Waals surface area contributed by atoms with Gasteiger partial charge in [-0.25, -0.2) is 0 Å². The summed E-state index contributed by atoms with van der Waals surface area (Å²) in [6.07, 6.45) is 1.39. The van der Waals surface area contributed by atoms with Gasteiger partial charge in [-0.2, -0.15) is 0 Å². The molecule has 0 fully saturated rings. The molecule has 1 unspecified atom stereocenters. The molecule has 3 nitrogen and oxygen atoms in total. The summed E-state index contributed by atoms with van der Waals surface area (Å²) in [4.78, 5) is 13.3. The second-order valence-corrected chi connectivity index (χ2v) is 6.38. The van der Waals surface area contributed by atoms with Crippen molar-refractivity contribution < 1.29 is 9.53 Å². The molecule has 4 heteroatoms. The predicted octanol–water partition coefficient (Wildman–Crippen LogP) is 4.44. The summed E-state index contributed by atoms with van der Waals surface area (Å²) in [5, 5.41) is 3.11. The van der Waals surface area contributed by atoms with Gasteiger partial charge in [0.1, 0.15) is 5.75 Å². The second-order valence-electron chi connectivity index (χ2n) is 5.21.